The smallest absolute Gasteiger partial charge is 0.327 e. The van der Waals surface area contributed by atoms with Crippen molar-refractivity contribution in [3.8, 4) is 0 Å². The summed E-state index contributed by atoms with van der Waals surface area (Å²) in [5.41, 5.74) is 4.84. The van der Waals surface area contributed by atoms with Crippen LogP contribution in [0.3, 0.4) is 0 Å². The van der Waals surface area contributed by atoms with Crippen molar-refractivity contribution in [2.24, 2.45) is 11.1 Å². The summed E-state index contributed by atoms with van der Waals surface area (Å²) in [5, 5.41) is 0. The van der Waals surface area contributed by atoms with E-state index in [1.807, 2.05) is 0 Å². The molecule has 0 aromatic rings. The number of hydrogen-bond acceptors (Lipinski definition) is 1. The Bertz CT molecular complexity index is 123. The zero-order valence-electron chi connectivity index (χ0n) is 7.00. The lowest BCUT2D eigenvalue weighted by Gasteiger charge is -2.27. The van der Waals surface area contributed by atoms with Gasteiger partial charge >= 0.3 is 6.18 Å². The molecule has 0 aromatic heterocycles. The summed E-state index contributed by atoms with van der Waals surface area (Å²) in [6, 6.07) is -0.817. The summed E-state index contributed by atoms with van der Waals surface area (Å²) in [6.45, 7) is 5.09. The molecule has 0 aliphatic rings. The number of alkyl halides is 3. The summed E-state index contributed by atoms with van der Waals surface area (Å²) in [5.74, 6) is 0. The topological polar surface area (TPSA) is 26.0 Å². The van der Waals surface area contributed by atoms with Crippen LogP contribution in [-0.4, -0.2) is 12.2 Å². The molecule has 0 spiro atoms. The molecule has 11 heavy (non-hydrogen) atoms. The normalized spacial score (nSPS) is 16.6. The van der Waals surface area contributed by atoms with Gasteiger partial charge in [-0.1, -0.05) is 20.8 Å². The average molecular weight is 169 g/mol. The molecule has 0 aliphatic heterocycles. The van der Waals surface area contributed by atoms with Crippen LogP contribution in [0.2, 0.25) is 0 Å². The third-order valence-electron chi connectivity index (χ3n) is 1.56. The Hall–Kier alpha value is -0.250. The van der Waals surface area contributed by atoms with Crippen LogP contribution in [-0.2, 0) is 0 Å². The Morgan fingerprint density at radius 2 is 1.55 bits per heavy atom. The first-order chi connectivity index (χ1) is 4.63. The molecular weight excluding hydrogens is 155 g/mol. The lowest BCUT2D eigenvalue weighted by molar-refractivity contribution is -0.143. The van der Waals surface area contributed by atoms with Gasteiger partial charge in [-0.25, -0.2) is 0 Å². The van der Waals surface area contributed by atoms with Gasteiger partial charge in [0.05, 0.1) is 6.42 Å². The fourth-order valence-corrected chi connectivity index (χ4v) is 0.556. The molecule has 0 bridgehead atoms. The molecule has 0 fully saturated rings. The molecule has 1 atom stereocenters. The van der Waals surface area contributed by atoms with Crippen molar-refractivity contribution in [2.45, 2.75) is 39.4 Å². The largest absolute Gasteiger partial charge is 0.390 e. The van der Waals surface area contributed by atoms with E-state index < -0.39 is 24.1 Å². The van der Waals surface area contributed by atoms with Gasteiger partial charge in [0.25, 0.3) is 0 Å². The number of rotatable bonds is 1. The molecule has 0 heterocycles. The minimum atomic E-state index is -4.15. The van der Waals surface area contributed by atoms with Crippen LogP contribution >= 0.6 is 0 Å². The van der Waals surface area contributed by atoms with Gasteiger partial charge in [-0.3, -0.25) is 0 Å². The van der Waals surface area contributed by atoms with E-state index in [0.29, 0.717) is 0 Å². The van der Waals surface area contributed by atoms with Crippen molar-refractivity contribution in [1.29, 1.82) is 0 Å². The van der Waals surface area contributed by atoms with Gasteiger partial charge in [0, 0.05) is 6.04 Å². The maximum atomic E-state index is 11.8. The summed E-state index contributed by atoms with van der Waals surface area (Å²) in [6.07, 6.45) is -5.05. The first-order valence-corrected chi connectivity index (χ1v) is 3.45. The molecular formula is C7H14F3N. The van der Waals surface area contributed by atoms with Gasteiger partial charge in [-0.2, -0.15) is 13.2 Å². The number of nitrogens with two attached hydrogens (primary N) is 1. The highest BCUT2D eigenvalue weighted by Crippen LogP contribution is 2.28. The Morgan fingerprint density at radius 1 is 1.18 bits per heavy atom. The Labute approximate surface area is 64.8 Å². The van der Waals surface area contributed by atoms with Crippen LogP contribution in [0.1, 0.15) is 27.2 Å². The molecule has 0 aromatic carbocycles. The number of halogens is 3. The minimum Gasteiger partial charge on any atom is -0.327 e. The second kappa shape index (κ2) is 3.01. The Morgan fingerprint density at radius 3 is 1.64 bits per heavy atom. The van der Waals surface area contributed by atoms with Crippen molar-refractivity contribution in [3.05, 3.63) is 0 Å². The SMILES string of the molecule is CC(C)(C)[C@@H](N)CC(F)(F)F. The molecule has 0 unspecified atom stereocenters. The average Bonchev–Trinajstić information content (AvgIpc) is 1.56. The highest BCUT2D eigenvalue weighted by atomic mass is 19.4. The van der Waals surface area contributed by atoms with Gasteiger partial charge in [0.1, 0.15) is 0 Å². The Kier molecular flexibility index (Phi) is 2.94. The van der Waals surface area contributed by atoms with Crippen molar-refractivity contribution < 1.29 is 13.2 Å². The summed E-state index contributed by atoms with van der Waals surface area (Å²) in [7, 11) is 0. The van der Waals surface area contributed by atoms with Crippen LogP contribution < -0.4 is 5.73 Å². The van der Waals surface area contributed by atoms with E-state index in [2.05, 4.69) is 0 Å². The monoisotopic (exact) mass is 169 g/mol. The third kappa shape index (κ3) is 5.07. The minimum absolute atomic E-state index is 0.477. The fourth-order valence-electron chi connectivity index (χ4n) is 0.556. The molecule has 0 saturated carbocycles. The standard InChI is InChI=1S/C7H14F3N/c1-6(2,3)5(11)4-7(8,9)10/h5H,4,11H2,1-3H3/t5-/m0/s1. The second-order valence-electron chi connectivity index (χ2n) is 3.79. The first-order valence-electron chi connectivity index (χ1n) is 3.45. The Balaban J connectivity index is 3.99. The van der Waals surface area contributed by atoms with E-state index in [1.165, 1.54) is 0 Å². The van der Waals surface area contributed by atoms with E-state index in [-0.39, 0.29) is 0 Å². The molecule has 4 heteroatoms. The van der Waals surface area contributed by atoms with Crippen LogP contribution in [0.25, 0.3) is 0 Å². The predicted molar refractivity (Wildman–Crippen MR) is 38.1 cm³/mol. The first kappa shape index (κ1) is 10.8. The summed E-state index contributed by atoms with van der Waals surface area (Å²) < 4.78 is 35.3. The lowest BCUT2D eigenvalue weighted by atomic mass is 9.85. The second-order valence-corrected chi connectivity index (χ2v) is 3.79. The number of hydrogen-bond donors (Lipinski definition) is 1. The molecule has 0 amide bonds. The zero-order valence-corrected chi connectivity index (χ0v) is 7.00. The van der Waals surface area contributed by atoms with Crippen molar-refractivity contribution in [3.63, 3.8) is 0 Å². The van der Waals surface area contributed by atoms with E-state index in [9.17, 15) is 13.2 Å². The van der Waals surface area contributed by atoms with E-state index in [1.54, 1.807) is 20.8 Å². The van der Waals surface area contributed by atoms with Gasteiger partial charge in [-0.15, -0.1) is 0 Å². The van der Waals surface area contributed by atoms with Gasteiger partial charge in [0.2, 0.25) is 0 Å². The van der Waals surface area contributed by atoms with Crippen LogP contribution in [0.15, 0.2) is 0 Å². The van der Waals surface area contributed by atoms with E-state index in [0.717, 1.165) is 0 Å². The van der Waals surface area contributed by atoms with Gasteiger partial charge in [-0.05, 0) is 5.41 Å². The van der Waals surface area contributed by atoms with Crippen molar-refractivity contribution >= 4 is 0 Å². The molecule has 0 saturated heterocycles. The van der Waals surface area contributed by atoms with Crippen LogP contribution in [0.4, 0.5) is 13.2 Å². The third-order valence-corrected chi connectivity index (χ3v) is 1.56. The van der Waals surface area contributed by atoms with E-state index >= 15 is 0 Å². The summed E-state index contributed by atoms with van der Waals surface area (Å²) >= 11 is 0. The molecule has 68 valence electrons. The molecule has 0 aliphatic carbocycles. The molecule has 1 nitrogen and oxygen atoms in total. The molecule has 2 N–H and O–H groups in total. The van der Waals surface area contributed by atoms with Crippen molar-refractivity contribution in [1.82, 2.24) is 0 Å². The van der Waals surface area contributed by atoms with Crippen molar-refractivity contribution in [2.75, 3.05) is 0 Å². The van der Waals surface area contributed by atoms with Gasteiger partial charge in [0.15, 0.2) is 0 Å². The molecule has 0 rings (SSSR count). The highest BCUT2D eigenvalue weighted by molar-refractivity contribution is 4.79. The lowest BCUT2D eigenvalue weighted by Crippen LogP contribution is -2.38. The fraction of sp³-hybridized carbons (Fsp3) is 1.00. The highest BCUT2D eigenvalue weighted by Gasteiger charge is 2.35. The molecule has 0 radical (unpaired) electrons. The summed E-state index contributed by atoms with van der Waals surface area (Å²) in [4.78, 5) is 0. The predicted octanol–water partition coefficient (Wildman–Crippen LogP) is 2.31. The quantitative estimate of drug-likeness (QED) is 0.640. The van der Waals surface area contributed by atoms with E-state index in [4.69, 9.17) is 5.73 Å². The van der Waals surface area contributed by atoms with Crippen LogP contribution in [0.5, 0.6) is 0 Å². The maximum absolute atomic E-state index is 11.8. The van der Waals surface area contributed by atoms with Crippen LogP contribution in [0, 0.1) is 5.41 Å². The zero-order chi connectivity index (χ0) is 9.28. The van der Waals surface area contributed by atoms with Gasteiger partial charge < -0.3 is 5.73 Å². The maximum Gasteiger partial charge on any atom is 0.390 e.